The van der Waals surface area contributed by atoms with Gasteiger partial charge in [-0.2, -0.15) is 0 Å². The van der Waals surface area contributed by atoms with E-state index in [1.165, 1.54) is 25.7 Å². The summed E-state index contributed by atoms with van der Waals surface area (Å²) in [5.74, 6) is 0.257. The van der Waals surface area contributed by atoms with Crippen LogP contribution in [-0.2, 0) is 4.79 Å². The highest BCUT2D eigenvalue weighted by Crippen LogP contribution is 2.38. The smallest absolute Gasteiger partial charge is 0.324 e. The summed E-state index contributed by atoms with van der Waals surface area (Å²) in [6.07, 6.45) is 8.86. The third-order valence-electron chi connectivity index (χ3n) is 4.75. The fourth-order valence-electron chi connectivity index (χ4n) is 3.68. The van der Waals surface area contributed by atoms with Crippen LogP contribution >= 0.6 is 0 Å². The average molecular weight is 239 g/mol. The predicted octanol–water partition coefficient (Wildman–Crippen LogP) is 2.90. The zero-order valence-electron chi connectivity index (χ0n) is 11.0. The van der Waals surface area contributed by atoms with Crippen molar-refractivity contribution in [1.82, 2.24) is 4.90 Å². The number of carbonyl (C=O) groups is 1. The van der Waals surface area contributed by atoms with Gasteiger partial charge < -0.3 is 5.11 Å². The highest BCUT2D eigenvalue weighted by atomic mass is 16.4. The second-order valence-corrected chi connectivity index (χ2v) is 5.76. The quantitative estimate of drug-likeness (QED) is 0.820. The molecule has 1 saturated carbocycles. The van der Waals surface area contributed by atoms with Gasteiger partial charge in [-0.05, 0) is 44.7 Å². The molecule has 2 rings (SSSR count). The molecule has 1 N–H and O–H groups in total. The molecule has 0 bridgehead atoms. The molecule has 0 aromatic carbocycles. The fourth-order valence-corrected chi connectivity index (χ4v) is 3.68. The number of aliphatic carboxylic acids is 1. The first-order valence-electron chi connectivity index (χ1n) is 7.17. The van der Waals surface area contributed by atoms with Crippen LogP contribution < -0.4 is 0 Å². The first-order valence-corrected chi connectivity index (χ1v) is 7.17. The van der Waals surface area contributed by atoms with Crippen molar-refractivity contribution in [2.45, 2.75) is 63.8 Å². The molecule has 0 spiro atoms. The van der Waals surface area contributed by atoms with E-state index in [2.05, 4.69) is 11.8 Å². The molecule has 1 aliphatic heterocycles. The maximum atomic E-state index is 11.6. The van der Waals surface area contributed by atoms with E-state index in [0.717, 1.165) is 44.7 Å². The SMILES string of the molecule is CCCC1CCN(C2(C(=O)O)CCCC2)CC1. The Labute approximate surface area is 104 Å². The lowest BCUT2D eigenvalue weighted by Crippen LogP contribution is -2.55. The first kappa shape index (κ1) is 12.9. The number of likely N-dealkylation sites (tertiary alicyclic amines) is 1. The summed E-state index contributed by atoms with van der Waals surface area (Å²) in [5.41, 5.74) is -0.503. The summed E-state index contributed by atoms with van der Waals surface area (Å²) in [7, 11) is 0. The molecule has 2 aliphatic rings. The molecule has 0 unspecified atom stereocenters. The minimum atomic E-state index is -0.580. The monoisotopic (exact) mass is 239 g/mol. The van der Waals surface area contributed by atoms with E-state index in [0.29, 0.717) is 0 Å². The Morgan fingerprint density at radius 3 is 2.35 bits per heavy atom. The summed E-state index contributed by atoms with van der Waals surface area (Å²) in [6, 6.07) is 0. The van der Waals surface area contributed by atoms with Crippen LogP contribution in [0.3, 0.4) is 0 Å². The van der Waals surface area contributed by atoms with Gasteiger partial charge in [0.25, 0.3) is 0 Å². The van der Waals surface area contributed by atoms with Gasteiger partial charge in [0.05, 0.1) is 0 Å². The molecule has 0 aromatic rings. The molecule has 17 heavy (non-hydrogen) atoms. The normalized spacial score (nSPS) is 26.2. The molecular weight excluding hydrogens is 214 g/mol. The third kappa shape index (κ3) is 2.49. The number of hydrogen-bond donors (Lipinski definition) is 1. The highest BCUT2D eigenvalue weighted by Gasteiger charge is 2.46. The summed E-state index contributed by atoms with van der Waals surface area (Å²) >= 11 is 0. The molecule has 3 heteroatoms. The average Bonchev–Trinajstić information content (AvgIpc) is 2.81. The molecule has 0 aromatic heterocycles. The number of carboxylic acid groups (broad SMARTS) is 1. The van der Waals surface area contributed by atoms with Gasteiger partial charge in [-0.3, -0.25) is 9.69 Å². The molecular formula is C14H25NO2. The zero-order chi connectivity index (χ0) is 12.3. The first-order chi connectivity index (χ1) is 8.19. The second-order valence-electron chi connectivity index (χ2n) is 5.76. The van der Waals surface area contributed by atoms with E-state index < -0.39 is 11.5 Å². The van der Waals surface area contributed by atoms with E-state index >= 15 is 0 Å². The van der Waals surface area contributed by atoms with Gasteiger partial charge >= 0.3 is 5.97 Å². The molecule has 1 heterocycles. The summed E-state index contributed by atoms with van der Waals surface area (Å²) in [5, 5.41) is 9.54. The van der Waals surface area contributed by atoms with E-state index in [1.54, 1.807) is 0 Å². The maximum Gasteiger partial charge on any atom is 0.324 e. The van der Waals surface area contributed by atoms with E-state index in [-0.39, 0.29) is 0 Å². The van der Waals surface area contributed by atoms with Gasteiger partial charge in [0.15, 0.2) is 0 Å². The lowest BCUT2D eigenvalue weighted by atomic mass is 9.87. The third-order valence-corrected chi connectivity index (χ3v) is 4.75. The maximum absolute atomic E-state index is 11.6. The fraction of sp³-hybridized carbons (Fsp3) is 0.929. The van der Waals surface area contributed by atoms with Crippen LogP contribution in [0, 0.1) is 5.92 Å². The molecule has 1 saturated heterocycles. The van der Waals surface area contributed by atoms with Crippen molar-refractivity contribution >= 4 is 5.97 Å². The Kier molecular flexibility index (Phi) is 4.08. The summed E-state index contributed by atoms with van der Waals surface area (Å²) in [6.45, 7) is 4.23. The van der Waals surface area contributed by atoms with Gasteiger partial charge in [-0.15, -0.1) is 0 Å². The Balaban J connectivity index is 1.96. The number of nitrogens with zero attached hydrogens (tertiary/aromatic N) is 1. The van der Waals surface area contributed by atoms with Gasteiger partial charge in [0, 0.05) is 0 Å². The summed E-state index contributed by atoms with van der Waals surface area (Å²) < 4.78 is 0. The van der Waals surface area contributed by atoms with Crippen LogP contribution in [0.1, 0.15) is 58.3 Å². The van der Waals surface area contributed by atoms with E-state index in [4.69, 9.17) is 0 Å². The Morgan fingerprint density at radius 2 is 1.88 bits per heavy atom. The predicted molar refractivity (Wildman–Crippen MR) is 68.0 cm³/mol. The number of rotatable bonds is 4. The molecule has 0 atom stereocenters. The summed E-state index contributed by atoms with van der Waals surface area (Å²) in [4.78, 5) is 13.9. The van der Waals surface area contributed by atoms with E-state index in [1.807, 2.05) is 0 Å². The van der Waals surface area contributed by atoms with Crippen LogP contribution in [0.2, 0.25) is 0 Å². The van der Waals surface area contributed by atoms with Crippen molar-refractivity contribution in [3.63, 3.8) is 0 Å². The van der Waals surface area contributed by atoms with E-state index in [9.17, 15) is 9.90 Å². The van der Waals surface area contributed by atoms with Gasteiger partial charge in [0.1, 0.15) is 5.54 Å². The lowest BCUT2D eigenvalue weighted by molar-refractivity contribution is -0.152. The van der Waals surface area contributed by atoms with Crippen LogP contribution in [0.4, 0.5) is 0 Å². The van der Waals surface area contributed by atoms with Crippen molar-refractivity contribution in [1.29, 1.82) is 0 Å². The zero-order valence-corrected chi connectivity index (χ0v) is 11.0. The van der Waals surface area contributed by atoms with Crippen molar-refractivity contribution < 1.29 is 9.90 Å². The van der Waals surface area contributed by atoms with Crippen molar-refractivity contribution in [2.75, 3.05) is 13.1 Å². The van der Waals surface area contributed by atoms with Gasteiger partial charge in [0.2, 0.25) is 0 Å². The molecule has 2 fully saturated rings. The largest absolute Gasteiger partial charge is 0.480 e. The topological polar surface area (TPSA) is 40.5 Å². The van der Waals surface area contributed by atoms with Crippen LogP contribution in [0.25, 0.3) is 0 Å². The number of hydrogen-bond acceptors (Lipinski definition) is 2. The molecule has 0 amide bonds. The highest BCUT2D eigenvalue weighted by molar-refractivity contribution is 5.79. The Hall–Kier alpha value is -0.570. The second kappa shape index (κ2) is 5.38. The number of piperidine rings is 1. The standard InChI is InChI=1S/C14H25NO2/c1-2-5-12-6-10-15(11-7-12)14(13(16)17)8-3-4-9-14/h12H,2-11H2,1H3,(H,16,17). The van der Waals surface area contributed by atoms with Crippen LogP contribution in [0.15, 0.2) is 0 Å². The molecule has 98 valence electrons. The lowest BCUT2D eigenvalue weighted by Gasteiger charge is -2.42. The molecule has 3 nitrogen and oxygen atoms in total. The number of carboxylic acids is 1. The van der Waals surface area contributed by atoms with Crippen molar-refractivity contribution in [3.05, 3.63) is 0 Å². The van der Waals surface area contributed by atoms with Crippen LogP contribution in [-0.4, -0.2) is 34.6 Å². The minimum absolute atomic E-state index is 0.503. The Bertz CT molecular complexity index is 263. The van der Waals surface area contributed by atoms with Gasteiger partial charge in [-0.25, -0.2) is 0 Å². The minimum Gasteiger partial charge on any atom is -0.480 e. The van der Waals surface area contributed by atoms with Crippen molar-refractivity contribution in [2.24, 2.45) is 5.92 Å². The van der Waals surface area contributed by atoms with Crippen molar-refractivity contribution in [3.8, 4) is 0 Å². The van der Waals surface area contributed by atoms with Gasteiger partial charge in [-0.1, -0.05) is 32.6 Å². The van der Waals surface area contributed by atoms with Crippen LogP contribution in [0.5, 0.6) is 0 Å². The molecule has 1 aliphatic carbocycles. The Morgan fingerprint density at radius 1 is 1.29 bits per heavy atom. The molecule has 0 radical (unpaired) electrons.